The average Bonchev–Trinajstić information content (AvgIpc) is 0. The smallest absolute Gasteiger partial charge is 0 e. The van der Waals surface area contributed by atoms with Crippen LogP contribution in [0.25, 0.3) is 0 Å². The van der Waals surface area contributed by atoms with Gasteiger partial charge in [-0.25, -0.2) is 0 Å². The topological polar surface area (TPSA) is 63.0 Å². The summed E-state index contributed by atoms with van der Waals surface area (Å²) in [4.78, 5) is 0. The van der Waals surface area contributed by atoms with Crippen molar-refractivity contribution in [1.29, 1.82) is 0 Å². The van der Waals surface area contributed by atoms with E-state index in [1.165, 1.54) is 0 Å². The second-order valence-corrected chi connectivity index (χ2v) is 0. The van der Waals surface area contributed by atoms with Gasteiger partial charge in [-0.15, -0.1) is 0 Å². The maximum absolute atomic E-state index is 0. The zero-order valence-corrected chi connectivity index (χ0v) is 6.00. The average molecular weight is 229 g/mol. The molecule has 0 rings (SSSR count). The van der Waals surface area contributed by atoms with Gasteiger partial charge in [-0.05, 0) is 0 Å². The summed E-state index contributed by atoms with van der Waals surface area (Å²) in [6, 6.07) is 0. The molecular weight excluding hydrogens is 224 g/mol. The Balaban J connectivity index is 0. The van der Waals surface area contributed by atoms with Gasteiger partial charge >= 0.3 is 0 Å². The van der Waals surface area contributed by atoms with Gasteiger partial charge in [-0.1, -0.05) is 0 Å². The van der Waals surface area contributed by atoms with Gasteiger partial charge in [-0.2, -0.15) is 0 Å². The molecule has 0 fully saturated rings. The first-order valence-electron chi connectivity index (χ1n) is 0. The van der Waals surface area contributed by atoms with E-state index in [4.69, 9.17) is 0 Å². The molecule has 5 heavy (non-hydrogen) atoms. The first-order chi connectivity index (χ1) is 0. The van der Waals surface area contributed by atoms with Crippen molar-refractivity contribution in [2.45, 2.75) is 0 Å². The van der Waals surface area contributed by atoms with Crippen LogP contribution in [0, 0.1) is 0 Å². The molecule has 5 heteroatoms. The Morgan fingerprint density at radius 3 is 0.800 bits per heavy atom. The van der Waals surface area contributed by atoms with Gasteiger partial charge < -0.3 is 24.4 Å². The Kier molecular flexibility index (Phi) is 895. The van der Waals surface area contributed by atoms with Crippen LogP contribution in [-0.4, -0.2) is 11.0 Å². The standard InChI is InChI=1S/Cu.Mo.2H2O.H2S/h;;3*1H2/p-1. The van der Waals surface area contributed by atoms with Gasteiger partial charge in [0.15, 0.2) is 0 Å². The van der Waals surface area contributed by atoms with Crippen LogP contribution in [0.15, 0.2) is 0 Å². The van der Waals surface area contributed by atoms with Gasteiger partial charge in [0.05, 0.1) is 0 Å². The molecule has 0 unspecified atom stereocenters. The predicted octanol–water partition coefficient (Wildman–Crippen LogP) is -1.92. The van der Waals surface area contributed by atoms with Crippen molar-refractivity contribution in [3.05, 3.63) is 0 Å². The molecule has 0 spiro atoms. The van der Waals surface area contributed by atoms with E-state index in [0.29, 0.717) is 0 Å². The number of rotatable bonds is 0. The molecule has 0 aromatic heterocycles. The molecule has 0 amide bonds. The first-order valence-corrected chi connectivity index (χ1v) is 0. The SMILES string of the molecule is O.O.[Cu].[Mo].[SH-]. The normalized spacial score (nSPS) is 0. The van der Waals surface area contributed by atoms with Crippen LogP contribution in [0.3, 0.4) is 0 Å². The van der Waals surface area contributed by atoms with Gasteiger partial charge in [0.25, 0.3) is 0 Å². The van der Waals surface area contributed by atoms with Gasteiger partial charge in [0.2, 0.25) is 0 Å². The zero-order chi connectivity index (χ0) is 0. The van der Waals surface area contributed by atoms with Gasteiger partial charge in [0, 0.05) is 38.1 Å². The molecular formula is H5CuMoO2S-. The molecule has 41 valence electrons. The van der Waals surface area contributed by atoms with E-state index in [1.54, 1.807) is 0 Å². The monoisotopic (exact) mass is 230 g/mol. The molecule has 0 aliphatic carbocycles. The minimum absolute atomic E-state index is 0. The molecule has 2 nitrogen and oxygen atoms in total. The fourth-order valence-corrected chi connectivity index (χ4v) is 0. The molecule has 1 radical (unpaired) electrons. The van der Waals surface area contributed by atoms with Crippen LogP contribution >= 0.6 is 0 Å². The van der Waals surface area contributed by atoms with Crippen molar-refractivity contribution < 1.29 is 49.1 Å². The van der Waals surface area contributed by atoms with Gasteiger partial charge in [0.1, 0.15) is 0 Å². The summed E-state index contributed by atoms with van der Waals surface area (Å²) < 4.78 is 0. The predicted molar refractivity (Wildman–Crippen MR) is 16.0 cm³/mol. The molecule has 0 aromatic rings. The molecule has 0 aliphatic rings. The van der Waals surface area contributed by atoms with Crippen molar-refractivity contribution in [1.82, 2.24) is 0 Å². The maximum Gasteiger partial charge on any atom is 0 e. The number of hydrogen-bond acceptors (Lipinski definition) is 1. The number of hydrogen-bond donors (Lipinski definition) is 0. The second kappa shape index (κ2) is 50.3. The summed E-state index contributed by atoms with van der Waals surface area (Å²) in [5, 5.41) is 0. The van der Waals surface area contributed by atoms with Crippen molar-refractivity contribution in [2.75, 3.05) is 0 Å². The summed E-state index contributed by atoms with van der Waals surface area (Å²) in [6.45, 7) is 0. The number of thiol groups is 1. The maximum atomic E-state index is 0. The van der Waals surface area contributed by atoms with Gasteiger partial charge in [-0.3, -0.25) is 0 Å². The van der Waals surface area contributed by atoms with E-state index in [-0.39, 0.29) is 62.6 Å². The Bertz CT molecular complexity index is 9.61. The zero-order valence-electron chi connectivity index (χ0n) is 2.16. The molecule has 4 N–H and O–H groups in total. The fourth-order valence-electron chi connectivity index (χ4n) is 0. The third kappa shape index (κ3) is 30.3. The summed E-state index contributed by atoms with van der Waals surface area (Å²) in [6.07, 6.45) is 0. The van der Waals surface area contributed by atoms with E-state index in [0.717, 1.165) is 0 Å². The van der Waals surface area contributed by atoms with Crippen molar-refractivity contribution >= 4 is 13.5 Å². The Morgan fingerprint density at radius 2 is 0.800 bits per heavy atom. The largest absolute Gasteiger partial charge is 0.813 e. The van der Waals surface area contributed by atoms with E-state index >= 15 is 0 Å². The van der Waals surface area contributed by atoms with E-state index in [1.807, 2.05) is 0 Å². The van der Waals surface area contributed by atoms with Crippen LogP contribution < -0.4 is 0 Å². The first kappa shape index (κ1) is 89.0. The summed E-state index contributed by atoms with van der Waals surface area (Å²) in [5.74, 6) is 0. The Labute approximate surface area is 62.5 Å². The third-order valence-electron chi connectivity index (χ3n) is 0. The summed E-state index contributed by atoms with van der Waals surface area (Å²) >= 11 is 0. The van der Waals surface area contributed by atoms with Crippen LogP contribution in [0.1, 0.15) is 0 Å². The molecule has 0 aromatic carbocycles. The summed E-state index contributed by atoms with van der Waals surface area (Å²) in [7, 11) is 0. The van der Waals surface area contributed by atoms with Crippen molar-refractivity contribution in [3.8, 4) is 0 Å². The van der Waals surface area contributed by atoms with Crippen LogP contribution in [0.2, 0.25) is 0 Å². The van der Waals surface area contributed by atoms with Crippen molar-refractivity contribution in [2.24, 2.45) is 0 Å². The molecule has 0 bridgehead atoms. The van der Waals surface area contributed by atoms with Crippen LogP contribution in [0.5, 0.6) is 0 Å². The molecule has 0 atom stereocenters. The third-order valence-corrected chi connectivity index (χ3v) is 0. The molecule has 0 saturated heterocycles. The molecule has 0 saturated carbocycles. The second-order valence-electron chi connectivity index (χ2n) is 0. The van der Waals surface area contributed by atoms with E-state index in [9.17, 15) is 0 Å². The molecule has 0 aliphatic heterocycles. The van der Waals surface area contributed by atoms with Crippen LogP contribution in [-0.2, 0) is 51.6 Å². The van der Waals surface area contributed by atoms with Crippen molar-refractivity contribution in [3.63, 3.8) is 0 Å². The minimum Gasteiger partial charge on any atom is -0.813 e. The fraction of sp³-hybridized carbons (Fsp3) is 0. The van der Waals surface area contributed by atoms with E-state index < -0.39 is 0 Å². The quantitative estimate of drug-likeness (QED) is 0.271. The van der Waals surface area contributed by atoms with E-state index in [2.05, 4.69) is 0 Å². The molecule has 0 heterocycles. The Hall–Kier alpha value is 1.48. The Morgan fingerprint density at radius 1 is 0.800 bits per heavy atom. The summed E-state index contributed by atoms with van der Waals surface area (Å²) in [5.41, 5.74) is 0. The minimum atomic E-state index is 0. The van der Waals surface area contributed by atoms with Crippen LogP contribution in [0.4, 0.5) is 0 Å².